The molecule has 22 heavy (non-hydrogen) atoms. The molecule has 1 saturated carbocycles. The molecule has 1 aromatic rings. The zero-order chi connectivity index (χ0) is 14.9. The van der Waals surface area contributed by atoms with Gasteiger partial charge in [-0.15, -0.1) is 0 Å². The Hall–Kier alpha value is -1.71. The largest absolute Gasteiger partial charge is 0.485 e. The van der Waals surface area contributed by atoms with Crippen molar-refractivity contribution >= 4 is 5.91 Å². The van der Waals surface area contributed by atoms with Gasteiger partial charge >= 0.3 is 0 Å². The number of likely N-dealkylation sites (tertiary alicyclic amines) is 1. The van der Waals surface area contributed by atoms with Gasteiger partial charge in [0, 0.05) is 12.6 Å². The van der Waals surface area contributed by atoms with Crippen molar-refractivity contribution in [2.75, 3.05) is 13.2 Å². The molecular weight excluding hydrogens is 278 g/mol. The molecule has 0 spiro atoms. The first-order valence-electron chi connectivity index (χ1n) is 8.52. The van der Waals surface area contributed by atoms with Crippen molar-refractivity contribution < 1.29 is 14.3 Å². The Morgan fingerprint density at radius 3 is 2.73 bits per heavy atom. The van der Waals surface area contributed by atoms with Gasteiger partial charge in [0.15, 0.2) is 11.5 Å². The molecule has 4 nitrogen and oxygen atoms in total. The van der Waals surface area contributed by atoms with Crippen molar-refractivity contribution in [3.63, 3.8) is 0 Å². The molecule has 2 fully saturated rings. The van der Waals surface area contributed by atoms with E-state index in [1.165, 1.54) is 25.7 Å². The molecule has 4 rings (SSSR count). The lowest BCUT2D eigenvalue weighted by Gasteiger charge is -2.45. The highest BCUT2D eigenvalue weighted by molar-refractivity contribution is 5.82. The first kappa shape index (κ1) is 13.9. The second kappa shape index (κ2) is 5.82. The highest BCUT2D eigenvalue weighted by Gasteiger charge is 2.40. The number of carbonyl (C=O) groups excluding carboxylic acids is 1. The summed E-state index contributed by atoms with van der Waals surface area (Å²) in [4.78, 5) is 15.0. The molecule has 0 bridgehead atoms. The fourth-order valence-electron chi connectivity index (χ4n) is 4.22. The topological polar surface area (TPSA) is 38.8 Å². The summed E-state index contributed by atoms with van der Waals surface area (Å²) in [6.07, 6.45) is 6.90. The van der Waals surface area contributed by atoms with Crippen LogP contribution in [-0.4, -0.2) is 36.1 Å². The number of benzene rings is 1. The number of hydrogen-bond donors (Lipinski definition) is 0. The van der Waals surface area contributed by atoms with E-state index in [4.69, 9.17) is 9.47 Å². The summed E-state index contributed by atoms with van der Waals surface area (Å²) in [6.45, 7) is 1.20. The molecule has 1 saturated heterocycles. The van der Waals surface area contributed by atoms with Crippen LogP contribution in [0, 0.1) is 5.92 Å². The van der Waals surface area contributed by atoms with E-state index in [-0.39, 0.29) is 5.91 Å². The molecule has 4 heteroatoms. The summed E-state index contributed by atoms with van der Waals surface area (Å²) < 4.78 is 11.6. The van der Waals surface area contributed by atoms with Gasteiger partial charge in [-0.3, -0.25) is 4.79 Å². The lowest BCUT2D eigenvalue weighted by molar-refractivity contribution is -0.147. The highest BCUT2D eigenvalue weighted by atomic mass is 16.6. The van der Waals surface area contributed by atoms with Crippen LogP contribution in [0.3, 0.4) is 0 Å². The van der Waals surface area contributed by atoms with Crippen LogP contribution in [0.1, 0.15) is 38.5 Å². The van der Waals surface area contributed by atoms with Crippen LogP contribution in [0.15, 0.2) is 24.3 Å². The van der Waals surface area contributed by atoms with Crippen molar-refractivity contribution in [3.8, 4) is 11.5 Å². The second-order valence-electron chi connectivity index (χ2n) is 6.65. The molecular formula is C18H23NO3. The van der Waals surface area contributed by atoms with Gasteiger partial charge in [-0.25, -0.2) is 0 Å². The minimum Gasteiger partial charge on any atom is -0.485 e. The normalized spacial score (nSPS) is 30.5. The first-order chi connectivity index (χ1) is 10.8. The third-order valence-corrected chi connectivity index (χ3v) is 5.31. The molecule has 1 aromatic carbocycles. The second-order valence-corrected chi connectivity index (χ2v) is 6.65. The maximum Gasteiger partial charge on any atom is 0.267 e. The van der Waals surface area contributed by atoms with E-state index in [0.29, 0.717) is 24.3 Å². The van der Waals surface area contributed by atoms with Crippen molar-refractivity contribution in [1.29, 1.82) is 0 Å². The monoisotopic (exact) mass is 301 g/mol. The number of piperidine rings is 1. The molecule has 3 aliphatic rings. The minimum atomic E-state index is -0.490. The number of para-hydroxylation sites is 2. The standard InChI is InChI=1S/C18H23NO3/c20-18(17-12-21-15-9-3-4-10-16(15)22-17)19-11-5-7-13-6-1-2-8-14(13)19/h3-4,9-10,13-14,17H,1-2,5-8,11-12H2. The molecule has 1 aliphatic carbocycles. The molecule has 3 atom stereocenters. The summed E-state index contributed by atoms with van der Waals surface area (Å²) in [7, 11) is 0. The summed E-state index contributed by atoms with van der Waals surface area (Å²) >= 11 is 0. The SMILES string of the molecule is O=C(C1COc2ccccc2O1)N1CCCC2CCCCC21. The average molecular weight is 301 g/mol. The van der Waals surface area contributed by atoms with E-state index in [2.05, 4.69) is 4.90 Å². The Morgan fingerprint density at radius 2 is 1.82 bits per heavy atom. The molecule has 3 unspecified atom stereocenters. The maximum absolute atomic E-state index is 12.9. The zero-order valence-electron chi connectivity index (χ0n) is 12.9. The highest BCUT2D eigenvalue weighted by Crippen LogP contribution is 2.37. The van der Waals surface area contributed by atoms with E-state index < -0.39 is 6.10 Å². The van der Waals surface area contributed by atoms with Gasteiger partial charge in [-0.2, -0.15) is 0 Å². The van der Waals surface area contributed by atoms with Gasteiger partial charge in [0.05, 0.1) is 0 Å². The molecule has 2 heterocycles. The van der Waals surface area contributed by atoms with Gasteiger partial charge in [0.1, 0.15) is 6.61 Å². The molecule has 0 radical (unpaired) electrons. The van der Waals surface area contributed by atoms with Crippen molar-refractivity contribution in [3.05, 3.63) is 24.3 Å². The van der Waals surface area contributed by atoms with Gasteiger partial charge in [0.2, 0.25) is 6.10 Å². The van der Waals surface area contributed by atoms with Crippen LogP contribution in [0.5, 0.6) is 11.5 Å². The number of hydrogen-bond acceptors (Lipinski definition) is 3. The Bertz CT molecular complexity index is 557. The van der Waals surface area contributed by atoms with Crippen molar-refractivity contribution in [1.82, 2.24) is 4.90 Å². The number of rotatable bonds is 1. The predicted molar refractivity (Wildman–Crippen MR) is 83.0 cm³/mol. The van der Waals surface area contributed by atoms with Crippen molar-refractivity contribution in [2.45, 2.75) is 50.7 Å². The lowest BCUT2D eigenvalue weighted by atomic mass is 9.78. The Labute approximate surface area is 131 Å². The fraction of sp³-hybridized carbons (Fsp3) is 0.611. The number of fused-ring (bicyclic) bond motifs is 2. The average Bonchev–Trinajstić information content (AvgIpc) is 2.60. The molecule has 2 aliphatic heterocycles. The Kier molecular flexibility index (Phi) is 3.68. The van der Waals surface area contributed by atoms with E-state index >= 15 is 0 Å². The number of nitrogens with zero attached hydrogens (tertiary/aromatic N) is 1. The Balaban J connectivity index is 1.49. The van der Waals surface area contributed by atoms with Gasteiger partial charge in [-0.1, -0.05) is 25.0 Å². The van der Waals surface area contributed by atoms with Crippen LogP contribution in [0.25, 0.3) is 0 Å². The summed E-state index contributed by atoms with van der Waals surface area (Å²) in [5.74, 6) is 2.24. The molecule has 118 valence electrons. The van der Waals surface area contributed by atoms with Crippen LogP contribution < -0.4 is 9.47 Å². The van der Waals surface area contributed by atoms with Gasteiger partial charge in [-0.05, 0) is 43.7 Å². The molecule has 0 aromatic heterocycles. The third-order valence-electron chi connectivity index (χ3n) is 5.31. The summed E-state index contributed by atoms with van der Waals surface area (Å²) in [5, 5.41) is 0. The van der Waals surface area contributed by atoms with E-state index in [9.17, 15) is 4.79 Å². The summed E-state index contributed by atoms with van der Waals surface area (Å²) in [5.41, 5.74) is 0. The lowest BCUT2D eigenvalue weighted by Crippen LogP contribution is -2.55. The van der Waals surface area contributed by atoms with E-state index in [0.717, 1.165) is 25.1 Å². The number of amides is 1. The Morgan fingerprint density at radius 1 is 1.05 bits per heavy atom. The first-order valence-corrected chi connectivity index (χ1v) is 8.52. The number of ether oxygens (including phenoxy) is 2. The van der Waals surface area contributed by atoms with Crippen LogP contribution in [-0.2, 0) is 4.79 Å². The van der Waals surface area contributed by atoms with Crippen LogP contribution in [0.4, 0.5) is 0 Å². The molecule has 1 amide bonds. The maximum atomic E-state index is 12.9. The number of carbonyl (C=O) groups is 1. The minimum absolute atomic E-state index is 0.117. The van der Waals surface area contributed by atoms with Crippen LogP contribution in [0.2, 0.25) is 0 Å². The fourth-order valence-corrected chi connectivity index (χ4v) is 4.22. The van der Waals surface area contributed by atoms with E-state index in [1.54, 1.807) is 0 Å². The van der Waals surface area contributed by atoms with Gasteiger partial charge in [0.25, 0.3) is 5.91 Å². The smallest absolute Gasteiger partial charge is 0.267 e. The van der Waals surface area contributed by atoms with Crippen LogP contribution >= 0.6 is 0 Å². The molecule has 0 N–H and O–H groups in total. The summed E-state index contributed by atoms with van der Waals surface area (Å²) in [6, 6.07) is 8.01. The van der Waals surface area contributed by atoms with E-state index in [1.807, 2.05) is 24.3 Å². The quantitative estimate of drug-likeness (QED) is 0.800. The zero-order valence-corrected chi connectivity index (χ0v) is 12.9. The van der Waals surface area contributed by atoms with Crippen molar-refractivity contribution in [2.24, 2.45) is 5.92 Å². The predicted octanol–water partition coefficient (Wildman–Crippen LogP) is 3.01. The van der Waals surface area contributed by atoms with Gasteiger partial charge < -0.3 is 14.4 Å². The third kappa shape index (κ3) is 2.44.